The van der Waals surface area contributed by atoms with E-state index in [0.29, 0.717) is 11.8 Å². The lowest BCUT2D eigenvalue weighted by atomic mass is 9.93. The monoisotopic (exact) mass is 388 g/mol. The van der Waals surface area contributed by atoms with Gasteiger partial charge in [0.2, 0.25) is 0 Å². The third kappa shape index (κ3) is 4.76. The highest BCUT2D eigenvalue weighted by Gasteiger charge is 2.18. The number of hydrogen-bond donors (Lipinski definition) is 2. The van der Waals surface area contributed by atoms with Crippen LogP contribution >= 0.6 is 0 Å². The molecule has 1 saturated heterocycles. The number of pyridine rings is 1. The normalized spacial score (nSPS) is 17.6. The average molecular weight is 389 g/mol. The standard InChI is InChI=1S/C25H32N4/c1-18-9-10-21(22-13-20(15-27-16-22)17-29-11-6-12-29)14-24(18)25(26)19(2)28-23-7-4-3-5-8-23/h9-10,13-16,23,26,28H,2-8,11-12,17H2,1H3. The number of nitrogens with zero attached hydrogens (tertiary/aromatic N) is 2. The first-order valence-electron chi connectivity index (χ1n) is 10.9. The summed E-state index contributed by atoms with van der Waals surface area (Å²) in [7, 11) is 0. The molecule has 2 heterocycles. The van der Waals surface area contributed by atoms with Crippen molar-refractivity contribution in [1.29, 1.82) is 5.41 Å². The summed E-state index contributed by atoms with van der Waals surface area (Å²) in [5, 5.41) is 12.2. The minimum atomic E-state index is 0.461. The number of nitrogens with one attached hydrogen (secondary N) is 2. The number of likely N-dealkylation sites (tertiary alicyclic amines) is 1. The van der Waals surface area contributed by atoms with Crippen molar-refractivity contribution in [3.8, 4) is 11.1 Å². The van der Waals surface area contributed by atoms with Crippen molar-refractivity contribution in [1.82, 2.24) is 15.2 Å². The average Bonchev–Trinajstić information content (AvgIpc) is 2.71. The Labute approximate surface area is 174 Å². The van der Waals surface area contributed by atoms with E-state index in [4.69, 9.17) is 5.41 Å². The highest BCUT2D eigenvalue weighted by molar-refractivity contribution is 6.11. The van der Waals surface area contributed by atoms with Gasteiger partial charge >= 0.3 is 0 Å². The molecule has 0 amide bonds. The second-order valence-corrected chi connectivity index (χ2v) is 8.57. The van der Waals surface area contributed by atoms with Gasteiger partial charge in [-0.05, 0) is 68.1 Å². The fourth-order valence-corrected chi connectivity index (χ4v) is 4.33. The Bertz CT molecular complexity index is 891. The summed E-state index contributed by atoms with van der Waals surface area (Å²) in [6.07, 6.45) is 11.4. The molecule has 1 saturated carbocycles. The van der Waals surface area contributed by atoms with E-state index < -0.39 is 0 Å². The molecule has 1 aromatic carbocycles. The smallest absolute Gasteiger partial charge is 0.0840 e. The van der Waals surface area contributed by atoms with E-state index in [1.54, 1.807) is 0 Å². The molecule has 0 bridgehead atoms. The van der Waals surface area contributed by atoms with Gasteiger partial charge in [0, 0.05) is 36.1 Å². The Morgan fingerprint density at radius 3 is 2.62 bits per heavy atom. The van der Waals surface area contributed by atoms with Gasteiger partial charge in [-0.1, -0.05) is 38.0 Å². The maximum atomic E-state index is 8.74. The fourth-order valence-electron chi connectivity index (χ4n) is 4.33. The zero-order valence-corrected chi connectivity index (χ0v) is 17.5. The lowest BCUT2D eigenvalue weighted by Crippen LogP contribution is -2.36. The molecule has 2 aliphatic rings. The molecule has 4 rings (SSSR count). The largest absolute Gasteiger partial charge is 0.381 e. The number of aromatic nitrogens is 1. The summed E-state index contributed by atoms with van der Waals surface area (Å²) >= 11 is 0. The molecule has 4 nitrogen and oxygen atoms in total. The minimum Gasteiger partial charge on any atom is -0.381 e. The van der Waals surface area contributed by atoms with Crippen molar-refractivity contribution in [3.05, 3.63) is 65.6 Å². The Balaban J connectivity index is 1.51. The fraction of sp³-hybridized carbons (Fsp3) is 0.440. The molecule has 152 valence electrons. The van der Waals surface area contributed by atoms with Crippen LogP contribution in [0.3, 0.4) is 0 Å². The number of rotatable bonds is 7. The van der Waals surface area contributed by atoms with E-state index in [0.717, 1.165) is 34.5 Å². The molecule has 0 spiro atoms. The van der Waals surface area contributed by atoms with Gasteiger partial charge in [0.25, 0.3) is 0 Å². The molecular formula is C25H32N4. The highest BCUT2D eigenvalue weighted by atomic mass is 15.2. The predicted molar refractivity (Wildman–Crippen MR) is 120 cm³/mol. The van der Waals surface area contributed by atoms with Crippen LogP contribution < -0.4 is 5.32 Å². The highest BCUT2D eigenvalue weighted by Crippen LogP contribution is 2.25. The molecule has 2 fully saturated rings. The predicted octanol–water partition coefficient (Wildman–Crippen LogP) is 5.07. The third-order valence-electron chi connectivity index (χ3n) is 6.28. The van der Waals surface area contributed by atoms with Gasteiger partial charge < -0.3 is 5.32 Å². The summed E-state index contributed by atoms with van der Waals surface area (Å²) in [4.78, 5) is 6.91. The molecule has 1 aliphatic heterocycles. The first kappa shape index (κ1) is 19.8. The van der Waals surface area contributed by atoms with Crippen LogP contribution in [0, 0.1) is 12.3 Å². The van der Waals surface area contributed by atoms with Gasteiger partial charge in [0.05, 0.1) is 11.4 Å². The van der Waals surface area contributed by atoms with Gasteiger partial charge in [-0.2, -0.15) is 0 Å². The van der Waals surface area contributed by atoms with Crippen LogP contribution in [0.25, 0.3) is 11.1 Å². The van der Waals surface area contributed by atoms with Crippen LogP contribution in [0.1, 0.15) is 55.2 Å². The molecule has 0 atom stereocenters. The van der Waals surface area contributed by atoms with E-state index >= 15 is 0 Å². The molecular weight excluding hydrogens is 356 g/mol. The van der Waals surface area contributed by atoms with Crippen molar-refractivity contribution < 1.29 is 0 Å². The first-order chi connectivity index (χ1) is 14.1. The zero-order chi connectivity index (χ0) is 20.2. The second-order valence-electron chi connectivity index (χ2n) is 8.57. The lowest BCUT2D eigenvalue weighted by Gasteiger charge is -2.30. The number of benzene rings is 1. The Kier molecular flexibility index (Phi) is 6.10. The number of allylic oxidation sites excluding steroid dienone is 1. The zero-order valence-electron chi connectivity index (χ0n) is 17.5. The topological polar surface area (TPSA) is 52.0 Å². The van der Waals surface area contributed by atoms with Crippen LogP contribution in [-0.4, -0.2) is 34.7 Å². The SMILES string of the molecule is C=C(NC1CCCCC1)C(=N)c1cc(-c2cncc(CN3CCC3)c2)ccc1C. The molecule has 0 radical (unpaired) electrons. The maximum Gasteiger partial charge on any atom is 0.0840 e. The van der Waals surface area contributed by atoms with Gasteiger partial charge in [-0.3, -0.25) is 15.3 Å². The lowest BCUT2D eigenvalue weighted by molar-refractivity contribution is 0.172. The van der Waals surface area contributed by atoms with Crippen molar-refractivity contribution in [2.75, 3.05) is 13.1 Å². The van der Waals surface area contributed by atoms with Crippen LogP contribution in [0.2, 0.25) is 0 Å². The first-order valence-corrected chi connectivity index (χ1v) is 10.9. The molecule has 4 heteroatoms. The maximum absolute atomic E-state index is 8.74. The van der Waals surface area contributed by atoms with Gasteiger partial charge in [0.1, 0.15) is 0 Å². The van der Waals surface area contributed by atoms with Crippen molar-refractivity contribution >= 4 is 5.71 Å². The number of aryl methyl sites for hydroxylation is 1. The Hall–Kier alpha value is -2.46. The van der Waals surface area contributed by atoms with Crippen molar-refractivity contribution in [2.45, 2.75) is 58.0 Å². The van der Waals surface area contributed by atoms with Gasteiger partial charge in [-0.15, -0.1) is 0 Å². The Morgan fingerprint density at radius 1 is 1.10 bits per heavy atom. The third-order valence-corrected chi connectivity index (χ3v) is 6.28. The summed E-state index contributed by atoms with van der Waals surface area (Å²) in [6, 6.07) is 9.06. The van der Waals surface area contributed by atoms with Crippen molar-refractivity contribution in [3.63, 3.8) is 0 Å². The molecule has 0 unspecified atom stereocenters. The van der Waals surface area contributed by atoms with Crippen LogP contribution in [-0.2, 0) is 6.54 Å². The summed E-state index contributed by atoms with van der Waals surface area (Å²) in [5.74, 6) is 0. The van der Waals surface area contributed by atoms with E-state index in [1.165, 1.54) is 57.2 Å². The van der Waals surface area contributed by atoms with Crippen LogP contribution in [0.15, 0.2) is 48.9 Å². The molecule has 1 aromatic heterocycles. The second kappa shape index (κ2) is 8.91. The van der Waals surface area contributed by atoms with E-state index in [-0.39, 0.29) is 0 Å². The molecule has 1 aliphatic carbocycles. The molecule has 2 N–H and O–H groups in total. The van der Waals surface area contributed by atoms with Crippen molar-refractivity contribution in [2.24, 2.45) is 0 Å². The summed E-state index contributed by atoms with van der Waals surface area (Å²) in [6.45, 7) is 9.59. The minimum absolute atomic E-state index is 0.461. The number of hydrogen-bond acceptors (Lipinski definition) is 4. The quantitative estimate of drug-likeness (QED) is 0.651. The van der Waals surface area contributed by atoms with Crippen LogP contribution in [0.4, 0.5) is 0 Å². The van der Waals surface area contributed by atoms with E-state index in [9.17, 15) is 0 Å². The van der Waals surface area contributed by atoms with Gasteiger partial charge in [0.15, 0.2) is 0 Å². The van der Waals surface area contributed by atoms with Gasteiger partial charge in [-0.25, -0.2) is 0 Å². The Morgan fingerprint density at radius 2 is 1.90 bits per heavy atom. The summed E-state index contributed by atoms with van der Waals surface area (Å²) in [5.41, 5.74) is 6.77. The summed E-state index contributed by atoms with van der Waals surface area (Å²) < 4.78 is 0. The van der Waals surface area contributed by atoms with E-state index in [1.807, 2.05) is 12.4 Å². The van der Waals surface area contributed by atoms with E-state index in [2.05, 4.69) is 53.0 Å². The van der Waals surface area contributed by atoms with Crippen LogP contribution in [0.5, 0.6) is 0 Å². The molecule has 2 aromatic rings. The molecule has 29 heavy (non-hydrogen) atoms.